The number of nitrogens with zero attached hydrogens (tertiary/aromatic N) is 5. The molecule has 0 aromatic carbocycles. The minimum Gasteiger partial charge on any atom is -0.506 e. The fourth-order valence-electron chi connectivity index (χ4n) is 4.21. The molecule has 8 nitrogen and oxygen atoms in total. The van der Waals surface area contributed by atoms with E-state index in [-0.39, 0.29) is 23.7 Å². The van der Waals surface area contributed by atoms with E-state index in [4.69, 9.17) is 14.5 Å². The summed E-state index contributed by atoms with van der Waals surface area (Å²) in [5, 5.41) is 14.7. The number of hydrogen-bond acceptors (Lipinski definition) is 7. The van der Waals surface area contributed by atoms with Gasteiger partial charge < -0.3 is 19.5 Å². The minimum absolute atomic E-state index is 0.000327. The first-order valence-corrected chi connectivity index (χ1v) is 10.3. The zero-order chi connectivity index (χ0) is 20.5. The van der Waals surface area contributed by atoms with Gasteiger partial charge in [0.15, 0.2) is 5.82 Å². The summed E-state index contributed by atoms with van der Waals surface area (Å²) >= 11 is 0. The number of hydrogen-bond donors (Lipinski definition) is 1. The quantitative estimate of drug-likeness (QED) is 0.704. The van der Waals surface area contributed by atoms with Crippen LogP contribution < -0.4 is 9.64 Å². The summed E-state index contributed by atoms with van der Waals surface area (Å²) in [6, 6.07) is 3.76. The first-order valence-electron chi connectivity index (χ1n) is 10.3. The lowest BCUT2D eigenvalue weighted by Crippen LogP contribution is -2.36. The summed E-state index contributed by atoms with van der Waals surface area (Å²) in [5.41, 5.74) is 0.736. The first kappa shape index (κ1) is 19.0. The molecule has 0 atom stereocenters. The Balaban J connectivity index is 1.37. The van der Waals surface area contributed by atoms with Crippen molar-refractivity contribution in [1.29, 1.82) is 0 Å². The monoisotopic (exact) mass is 413 g/mol. The molecular weight excluding hydrogens is 389 g/mol. The number of ether oxygens (including phenoxy) is 2. The predicted octanol–water partition coefficient (Wildman–Crippen LogP) is 3.07. The van der Waals surface area contributed by atoms with Gasteiger partial charge in [-0.3, -0.25) is 9.67 Å². The lowest BCUT2D eigenvalue weighted by molar-refractivity contribution is 0.120. The average molecular weight is 413 g/mol. The van der Waals surface area contributed by atoms with Crippen molar-refractivity contribution in [3.05, 3.63) is 36.5 Å². The Hall–Kier alpha value is -2.94. The number of morpholine rings is 1. The van der Waals surface area contributed by atoms with Crippen LogP contribution in [0.15, 0.2) is 30.7 Å². The Morgan fingerprint density at radius 1 is 1.10 bits per heavy atom. The van der Waals surface area contributed by atoms with E-state index in [9.17, 15) is 9.50 Å². The minimum atomic E-state index is -0.309. The summed E-state index contributed by atoms with van der Waals surface area (Å²) in [6.07, 6.45) is 7.49. The second-order valence-corrected chi connectivity index (χ2v) is 7.83. The van der Waals surface area contributed by atoms with Crippen molar-refractivity contribution in [3.63, 3.8) is 0 Å². The van der Waals surface area contributed by atoms with E-state index in [0.717, 1.165) is 50.1 Å². The van der Waals surface area contributed by atoms with Gasteiger partial charge in [0.05, 0.1) is 48.7 Å². The molecule has 2 fully saturated rings. The highest BCUT2D eigenvalue weighted by Gasteiger charge is 2.26. The van der Waals surface area contributed by atoms with Crippen LogP contribution in [0.3, 0.4) is 0 Å². The van der Waals surface area contributed by atoms with Crippen LogP contribution in [0.5, 0.6) is 11.6 Å². The molecule has 1 saturated heterocycles. The molecule has 2 aliphatic rings. The molecule has 0 bridgehead atoms. The Bertz CT molecular complexity index is 1030. The van der Waals surface area contributed by atoms with Crippen LogP contribution in [0.1, 0.15) is 31.7 Å². The number of aromatic nitrogens is 4. The molecule has 9 heteroatoms. The molecule has 3 aromatic heterocycles. The van der Waals surface area contributed by atoms with Gasteiger partial charge >= 0.3 is 0 Å². The largest absolute Gasteiger partial charge is 0.506 e. The molecule has 1 saturated carbocycles. The van der Waals surface area contributed by atoms with Crippen molar-refractivity contribution in [2.45, 2.75) is 37.8 Å². The second kappa shape index (κ2) is 8.06. The zero-order valence-electron chi connectivity index (χ0n) is 16.6. The average Bonchev–Trinajstić information content (AvgIpc) is 3.21. The van der Waals surface area contributed by atoms with Crippen molar-refractivity contribution < 1.29 is 19.0 Å². The summed E-state index contributed by atoms with van der Waals surface area (Å²) in [7, 11) is 0. The fourth-order valence-corrected chi connectivity index (χ4v) is 4.21. The van der Waals surface area contributed by atoms with Crippen LogP contribution in [0, 0.1) is 5.82 Å². The van der Waals surface area contributed by atoms with Gasteiger partial charge in [-0.1, -0.05) is 0 Å². The molecule has 158 valence electrons. The van der Waals surface area contributed by atoms with Crippen molar-refractivity contribution in [2.75, 3.05) is 31.2 Å². The SMILES string of the molecule is Oc1cnc2cc(N3CCOCC3)nc(OC3CCC(n4cc(F)cn4)CC3)c2c1. The predicted molar refractivity (Wildman–Crippen MR) is 108 cm³/mol. The Morgan fingerprint density at radius 3 is 2.63 bits per heavy atom. The van der Waals surface area contributed by atoms with Gasteiger partial charge in [-0.2, -0.15) is 10.1 Å². The summed E-state index contributed by atoms with van der Waals surface area (Å²) in [5.74, 6) is 1.07. The van der Waals surface area contributed by atoms with Gasteiger partial charge in [0.2, 0.25) is 5.88 Å². The fraction of sp³-hybridized carbons (Fsp3) is 0.476. The standard InChI is InChI=1S/C21H24FN5O3/c22-14-11-24-27(13-14)15-1-3-17(4-2-15)30-21-18-9-16(28)12-23-19(18)10-20(25-21)26-5-7-29-8-6-26/h9-13,15,17,28H,1-8H2. The molecule has 5 rings (SSSR count). The van der Waals surface area contributed by atoms with Gasteiger partial charge in [0.1, 0.15) is 17.7 Å². The third-order valence-electron chi connectivity index (χ3n) is 5.82. The maximum absolute atomic E-state index is 13.3. The van der Waals surface area contributed by atoms with Gasteiger partial charge in [0, 0.05) is 19.2 Å². The number of rotatable bonds is 4. The van der Waals surface area contributed by atoms with E-state index in [1.54, 1.807) is 10.7 Å². The van der Waals surface area contributed by atoms with Gasteiger partial charge in [-0.05, 0) is 31.7 Å². The molecule has 3 aromatic rings. The van der Waals surface area contributed by atoms with E-state index in [1.807, 2.05) is 6.07 Å². The van der Waals surface area contributed by atoms with E-state index in [2.05, 4.69) is 15.0 Å². The molecule has 1 aliphatic carbocycles. The van der Waals surface area contributed by atoms with Crippen LogP contribution in [0.2, 0.25) is 0 Å². The topological polar surface area (TPSA) is 85.5 Å². The smallest absolute Gasteiger partial charge is 0.225 e. The van der Waals surface area contributed by atoms with Crippen LogP contribution in [0.4, 0.5) is 10.2 Å². The van der Waals surface area contributed by atoms with E-state index in [1.165, 1.54) is 18.6 Å². The molecule has 30 heavy (non-hydrogen) atoms. The zero-order valence-corrected chi connectivity index (χ0v) is 16.6. The van der Waals surface area contributed by atoms with Gasteiger partial charge in [-0.15, -0.1) is 0 Å². The highest BCUT2D eigenvalue weighted by atomic mass is 19.1. The molecule has 1 aliphatic heterocycles. The lowest BCUT2D eigenvalue weighted by Gasteiger charge is -2.30. The molecular formula is C21H24FN5O3. The lowest BCUT2D eigenvalue weighted by atomic mass is 9.93. The summed E-state index contributed by atoms with van der Waals surface area (Å²) in [4.78, 5) is 11.3. The summed E-state index contributed by atoms with van der Waals surface area (Å²) < 4.78 is 26.7. The Labute approximate surface area is 173 Å². The maximum Gasteiger partial charge on any atom is 0.225 e. The van der Waals surface area contributed by atoms with E-state index < -0.39 is 0 Å². The Morgan fingerprint density at radius 2 is 1.90 bits per heavy atom. The van der Waals surface area contributed by atoms with Gasteiger partial charge in [0.25, 0.3) is 0 Å². The molecule has 1 N–H and O–H groups in total. The van der Waals surface area contributed by atoms with E-state index >= 15 is 0 Å². The first-order chi connectivity index (χ1) is 14.7. The highest BCUT2D eigenvalue weighted by Crippen LogP contribution is 2.34. The van der Waals surface area contributed by atoms with Crippen molar-refractivity contribution in [3.8, 4) is 11.6 Å². The van der Waals surface area contributed by atoms with Crippen molar-refractivity contribution in [2.24, 2.45) is 0 Å². The third kappa shape index (κ3) is 3.89. The van der Waals surface area contributed by atoms with Crippen molar-refractivity contribution in [1.82, 2.24) is 19.7 Å². The number of anilines is 1. The third-order valence-corrected chi connectivity index (χ3v) is 5.82. The van der Waals surface area contributed by atoms with Crippen LogP contribution >= 0.6 is 0 Å². The van der Waals surface area contributed by atoms with Crippen molar-refractivity contribution >= 4 is 16.7 Å². The second-order valence-electron chi connectivity index (χ2n) is 7.83. The normalized spacial score (nSPS) is 22.4. The number of fused-ring (bicyclic) bond motifs is 1. The molecule has 0 radical (unpaired) electrons. The van der Waals surface area contributed by atoms with Crippen LogP contribution in [-0.4, -0.2) is 57.3 Å². The maximum atomic E-state index is 13.3. The molecule has 0 unspecified atom stereocenters. The molecule has 0 amide bonds. The molecule has 0 spiro atoms. The summed E-state index contributed by atoms with van der Waals surface area (Å²) in [6.45, 7) is 2.86. The van der Waals surface area contributed by atoms with Crippen LogP contribution in [-0.2, 0) is 4.74 Å². The molecule has 4 heterocycles. The number of pyridine rings is 2. The van der Waals surface area contributed by atoms with E-state index in [0.29, 0.717) is 24.5 Å². The number of aromatic hydroxyl groups is 1. The highest BCUT2D eigenvalue weighted by molar-refractivity contribution is 5.86. The Kier molecular flexibility index (Phi) is 5.12. The van der Waals surface area contributed by atoms with Crippen LogP contribution in [0.25, 0.3) is 10.9 Å². The van der Waals surface area contributed by atoms with Gasteiger partial charge in [-0.25, -0.2) is 4.39 Å². The number of halogens is 1.